The second-order valence-electron chi connectivity index (χ2n) is 5.68. The summed E-state index contributed by atoms with van der Waals surface area (Å²) in [6.45, 7) is 0. The minimum absolute atomic E-state index is 0.121. The minimum Gasteiger partial charge on any atom is -0.290 e. The Morgan fingerprint density at radius 3 is 1.14 bits per heavy atom. The van der Waals surface area contributed by atoms with Crippen molar-refractivity contribution in [3.8, 4) is 0 Å². The van der Waals surface area contributed by atoms with Crippen LogP contribution in [0.3, 0.4) is 0 Å². The van der Waals surface area contributed by atoms with Crippen molar-refractivity contribution in [1.82, 2.24) is 0 Å². The molecule has 0 aromatic heterocycles. The van der Waals surface area contributed by atoms with Crippen molar-refractivity contribution in [3.05, 3.63) is 94.1 Å². The quantitative estimate of drug-likeness (QED) is 0.257. The average molecular weight is 388 g/mol. The molecule has 0 atom stereocenters. The topological polar surface area (TPSA) is 68.3 Å². The smallest absolute Gasteiger partial charge is 0.198 e. The maximum Gasteiger partial charge on any atom is 0.198 e. The molecule has 0 saturated heterocycles. The molecule has 4 nitrogen and oxygen atoms in total. The van der Waals surface area contributed by atoms with Crippen LogP contribution in [-0.4, -0.2) is 23.1 Å². The maximum atomic E-state index is 13.7. The molecule has 0 bridgehead atoms. The highest BCUT2D eigenvalue weighted by molar-refractivity contribution is 6.28. The lowest BCUT2D eigenvalue weighted by Gasteiger charge is -2.18. The summed E-state index contributed by atoms with van der Waals surface area (Å²) in [6.07, 6.45) is 5.01. The number of carbonyl (C=O) groups is 4. The van der Waals surface area contributed by atoms with Crippen LogP contribution in [0.2, 0.25) is 0 Å². The Morgan fingerprint density at radius 2 is 0.821 bits per heavy atom. The zero-order valence-corrected chi connectivity index (χ0v) is 13.8. The van der Waals surface area contributed by atoms with E-state index in [1.165, 1.54) is 48.6 Å². The Balaban J connectivity index is 0.000000236. The third-order valence-electron chi connectivity index (χ3n) is 3.96. The predicted octanol–water partition coefficient (Wildman–Crippen LogP) is 3.27. The SMILES string of the molecule is O=C1C=CC(=O)C=C1.O=C1c2ccccc2C(=O)c2c(F)c(F)c(F)c(F)c21. The highest BCUT2D eigenvalue weighted by Gasteiger charge is 2.38. The first-order valence-electron chi connectivity index (χ1n) is 7.72. The molecule has 0 spiro atoms. The molecule has 140 valence electrons. The van der Waals surface area contributed by atoms with Crippen LogP contribution in [0.15, 0.2) is 48.6 Å². The molecule has 0 N–H and O–H groups in total. The fraction of sp³-hybridized carbons (Fsp3) is 0. The Morgan fingerprint density at radius 1 is 0.500 bits per heavy atom. The summed E-state index contributed by atoms with van der Waals surface area (Å²) in [5, 5.41) is 0. The number of fused-ring (bicyclic) bond motifs is 2. The molecule has 0 aliphatic heterocycles. The van der Waals surface area contributed by atoms with Crippen LogP contribution in [0.1, 0.15) is 31.8 Å². The molecular formula is C20H8F4O4. The first-order valence-corrected chi connectivity index (χ1v) is 7.72. The van der Waals surface area contributed by atoms with E-state index in [9.17, 15) is 36.7 Å². The van der Waals surface area contributed by atoms with E-state index in [1.54, 1.807) is 0 Å². The van der Waals surface area contributed by atoms with E-state index in [4.69, 9.17) is 0 Å². The van der Waals surface area contributed by atoms with Gasteiger partial charge in [-0.15, -0.1) is 0 Å². The lowest BCUT2D eigenvalue weighted by molar-refractivity contribution is -0.113. The van der Waals surface area contributed by atoms with Crippen LogP contribution < -0.4 is 0 Å². The van der Waals surface area contributed by atoms with E-state index in [-0.39, 0.29) is 22.7 Å². The molecule has 0 radical (unpaired) electrons. The molecule has 8 heteroatoms. The lowest BCUT2D eigenvalue weighted by Crippen LogP contribution is -2.25. The molecule has 0 amide bonds. The van der Waals surface area contributed by atoms with Gasteiger partial charge in [0.1, 0.15) is 0 Å². The Kier molecular flexibility index (Phi) is 4.87. The van der Waals surface area contributed by atoms with E-state index in [0.29, 0.717) is 0 Å². The average Bonchev–Trinajstić information content (AvgIpc) is 2.70. The van der Waals surface area contributed by atoms with Crippen molar-refractivity contribution in [2.24, 2.45) is 0 Å². The first kappa shape index (κ1) is 19.1. The molecule has 2 aromatic carbocycles. The molecule has 2 aromatic rings. The molecule has 4 rings (SSSR count). The second-order valence-corrected chi connectivity index (χ2v) is 5.68. The minimum atomic E-state index is -2.11. The van der Waals surface area contributed by atoms with E-state index in [0.717, 1.165) is 0 Å². The normalized spacial score (nSPS) is 14.4. The van der Waals surface area contributed by atoms with Crippen molar-refractivity contribution in [3.63, 3.8) is 0 Å². The Hall–Kier alpha value is -3.68. The number of allylic oxidation sites excluding steroid dienone is 4. The van der Waals surface area contributed by atoms with E-state index in [1.807, 2.05) is 0 Å². The first-order chi connectivity index (χ1) is 13.2. The molecule has 28 heavy (non-hydrogen) atoms. The molecule has 2 aliphatic rings. The van der Waals surface area contributed by atoms with Gasteiger partial charge in [-0.05, 0) is 24.3 Å². The number of ketones is 4. The number of halogens is 4. The van der Waals surface area contributed by atoms with Gasteiger partial charge in [0.2, 0.25) is 0 Å². The summed E-state index contributed by atoms with van der Waals surface area (Å²) in [5.41, 5.74) is -2.47. The highest BCUT2D eigenvalue weighted by Crippen LogP contribution is 2.33. The third kappa shape index (κ3) is 3.09. The van der Waals surface area contributed by atoms with Gasteiger partial charge in [0, 0.05) is 11.1 Å². The van der Waals surface area contributed by atoms with E-state index in [2.05, 4.69) is 0 Å². The van der Waals surface area contributed by atoms with Crippen molar-refractivity contribution in [2.45, 2.75) is 0 Å². The summed E-state index contributed by atoms with van der Waals surface area (Å²) in [6, 6.07) is 5.31. The van der Waals surface area contributed by atoms with Crippen molar-refractivity contribution >= 4 is 23.1 Å². The number of hydrogen-bond donors (Lipinski definition) is 0. The van der Waals surface area contributed by atoms with Crippen LogP contribution >= 0.6 is 0 Å². The highest BCUT2D eigenvalue weighted by atomic mass is 19.2. The zero-order chi connectivity index (χ0) is 20.6. The monoisotopic (exact) mass is 388 g/mol. The van der Waals surface area contributed by atoms with Crippen molar-refractivity contribution in [2.75, 3.05) is 0 Å². The van der Waals surface area contributed by atoms with Crippen LogP contribution in [0.4, 0.5) is 17.6 Å². The summed E-state index contributed by atoms with van der Waals surface area (Å²) in [7, 11) is 0. The molecule has 0 unspecified atom stereocenters. The third-order valence-corrected chi connectivity index (χ3v) is 3.96. The molecule has 0 fully saturated rings. The number of carbonyl (C=O) groups excluding carboxylic acids is 4. The number of hydrogen-bond acceptors (Lipinski definition) is 4. The standard InChI is InChI=1S/C14H4F4O2.C6H4O2/c15-9-7-8(10(16)12(18)11(9)17)14(20)6-4-2-1-3-5(6)13(7)19;7-5-1-2-6(8)4-3-5/h1-4H;1-4H. The van der Waals surface area contributed by atoms with Gasteiger partial charge in [-0.2, -0.15) is 0 Å². The van der Waals surface area contributed by atoms with Crippen molar-refractivity contribution < 1.29 is 36.7 Å². The summed E-state index contributed by atoms with van der Waals surface area (Å²) in [4.78, 5) is 44.6. The fourth-order valence-electron chi connectivity index (χ4n) is 2.65. The number of rotatable bonds is 0. The Labute approximate surface area is 154 Å². The fourth-order valence-corrected chi connectivity index (χ4v) is 2.65. The van der Waals surface area contributed by atoms with Crippen LogP contribution in [0, 0.1) is 23.3 Å². The van der Waals surface area contributed by atoms with Gasteiger partial charge in [-0.3, -0.25) is 19.2 Å². The van der Waals surface area contributed by atoms with Gasteiger partial charge in [0.25, 0.3) is 0 Å². The summed E-state index contributed by atoms with van der Waals surface area (Å²) in [5.74, 6) is -10.3. The largest absolute Gasteiger partial charge is 0.290 e. The predicted molar refractivity (Wildman–Crippen MR) is 87.9 cm³/mol. The van der Waals surface area contributed by atoms with Gasteiger partial charge < -0.3 is 0 Å². The van der Waals surface area contributed by atoms with Gasteiger partial charge in [0.15, 0.2) is 46.4 Å². The van der Waals surface area contributed by atoms with Crippen LogP contribution in [0.25, 0.3) is 0 Å². The van der Waals surface area contributed by atoms with Crippen molar-refractivity contribution in [1.29, 1.82) is 0 Å². The lowest BCUT2D eigenvalue weighted by atomic mass is 9.83. The molecule has 0 saturated carbocycles. The number of benzene rings is 2. The van der Waals surface area contributed by atoms with E-state index < -0.39 is 46.0 Å². The van der Waals surface area contributed by atoms with Gasteiger partial charge in [0.05, 0.1) is 11.1 Å². The Bertz CT molecular complexity index is 1030. The summed E-state index contributed by atoms with van der Waals surface area (Å²) >= 11 is 0. The summed E-state index contributed by atoms with van der Waals surface area (Å²) < 4.78 is 53.8. The zero-order valence-electron chi connectivity index (χ0n) is 13.8. The van der Waals surface area contributed by atoms with E-state index >= 15 is 0 Å². The van der Waals surface area contributed by atoms with Gasteiger partial charge >= 0.3 is 0 Å². The maximum absolute atomic E-state index is 13.7. The van der Waals surface area contributed by atoms with Gasteiger partial charge in [-0.25, -0.2) is 17.6 Å². The van der Waals surface area contributed by atoms with Crippen LogP contribution in [-0.2, 0) is 9.59 Å². The molecule has 2 aliphatic carbocycles. The second kappa shape index (κ2) is 7.15. The van der Waals surface area contributed by atoms with Crippen LogP contribution in [0.5, 0.6) is 0 Å². The molecular weight excluding hydrogens is 380 g/mol. The molecule has 0 heterocycles. The van der Waals surface area contributed by atoms with Gasteiger partial charge in [-0.1, -0.05) is 24.3 Å².